The van der Waals surface area contributed by atoms with Gasteiger partial charge in [-0.25, -0.2) is 0 Å². The summed E-state index contributed by atoms with van der Waals surface area (Å²) in [5.41, 5.74) is -0.644. The van der Waals surface area contributed by atoms with Crippen molar-refractivity contribution < 1.29 is 14.7 Å². The quantitative estimate of drug-likeness (QED) is 0.644. The predicted molar refractivity (Wildman–Crippen MR) is 59.9 cm³/mol. The van der Waals surface area contributed by atoms with Gasteiger partial charge in [0.05, 0.1) is 5.41 Å². The lowest BCUT2D eigenvalue weighted by atomic mass is 10.1. The third-order valence-electron chi connectivity index (χ3n) is 2.68. The van der Waals surface area contributed by atoms with Crippen LogP contribution in [0.2, 0.25) is 0 Å². The van der Waals surface area contributed by atoms with E-state index in [9.17, 15) is 9.59 Å². The Bertz CT molecular complexity index is 251. The van der Waals surface area contributed by atoms with Gasteiger partial charge in [-0.1, -0.05) is 0 Å². The number of nitrogens with one attached hydrogen (secondary N) is 1. The Morgan fingerprint density at radius 1 is 1.47 bits per heavy atom. The molecule has 0 atom stereocenters. The van der Waals surface area contributed by atoms with Gasteiger partial charge < -0.3 is 10.4 Å². The molecule has 0 aromatic carbocycles. The largest absolute Gasteiger partial charge is 0.481 e. The van der Waals surface area contributed by atoms with E-state index in [1.807, 2.05) is 6.26 Å². The summed E-state index contributed by atoms with van der Waals surface area (Å²) in [6, 6.07) is 0. The molecule has 1 rings (SSSR count). The second-order valence-electron chi connectivity index (χ2n) is 3.96. The highest BCUT2D eigenvalue weighted by Crippen LogP contribution is 2.45. The molecule has 1 aliphatic carbocycles. The second-order valence-corrected chi connectivity index (χ2v) is 4.94. The van der Waals surface area contributed by atoms with E-state index in [4.69, 9.17) is 5.11 Å². The molecule has 0 spiro atoms. The molecule has 0 heterocycles. The number of carbonyl (C=O) groups is 2. The van der Waals surface area contributed by atoms with Gasteiger partial charge in [0.1, 0.15) is 0 Å². The van der Waals surface area contributed by atoms with Crippen LogP contribution in [0, 0.1) is 5.41 Å². The van der Waals surface area contributed by atoms with Crippen molar-refractivity contribution in [1.82, 2.24) is 5.32 Å². The normalized spacial score (nSPS) is 17.1. The van der Waals surface area contributed by atoms with Gasteiger partial charge in [0.15, 0.2) is 0 Å². The zero-order valence-corrected chi connectivity index (χ0v) is 9.73. The number of thioether (sulfide) groups is 1. The van der Waals surface area contributed by atoms with Crippen LogP contribution in [0.25, 0.3) is 0 Å². The summed E-state index contributed by atoms with van der Waals surface area (Å²) in [7, 11) is 0. The number of hydrogen-bond donors (Lipinski definition) is 2. The molecule has 1 saturated carbocycles. The van der Waals surface area contributed by atoms with Crippen molar-refractivity contribution in [3.8, 4) is 0 Å². The summed E-state index contributed by atoms with van der Waals surface area (Å²) in [6.07, 6.45) is 4.73. The Balaban J connectivity index is 2.14. The molecule has 0 bridgehead atoms. The first-order chi connectivity index (χ1) is 7.10. The van der Waals surface area contributed by atoms with E-state index in [1.54, 1.807) is 11.8 Å². The summed E-state index contributed by atoms with van der Waals surface area (Å²) in [4.78, 5) is 22.1. The van der Waals surface area contributed by atoms with E-state index in [-0.39, 0.29) is 5.91 Å². The maximum atomic E-state index is 11.3. The van der Waals surface area contributed by atoms with Crippen molar-refractivity contribution in [1.29, 1.82) is 0 Å². The van der Waals surface area contributed by atoms with Crippen molar-refractivity contribution in [3.05, 3.63) is 0 Å². The van der Waals surface area contributed by atoms with Gasteiger partial charge >= 0.3 is 5.97 Å². The van der Waals surface area contributed by atoms with Gasteiger partial charge in [-0.2, -0.15) is 11.8 Å². The fourth-order valence-electron chi connectivity index (χ4n) is 1.35. The Labute approximate surface area is 93.8 Å². The number of amides is 1. The molecule has 15 heavy (non-hydrogen) atoms. The monoisotopic (exact) mass is 231 g/mol. The molecule has 2 N–H and O–H groups in total. The van der Waals surface area contributed by atoms with Gasteiger partial charge in [-0.15, -0.1) is 0 Å². The first-order valence-electron chi connectivity index (χ1n) is 5.10. The Kier molecular flexibility index (Phi) is 4.45. The first-order valence-corrected chi connectivity index (χ1v) is 6.49. The summed E-state index contributed by atoms with van der Waals surface area (Å²) in [5.74, 6) is 0.154. The van der Waals surface area contributed by atoms with E-state index in [0.717, 1.165) is 12.2 Å². The minimum atomic E-state index is -0.785. The topological polar surface area (TPSA) is 66.4 Å². The highest BCUT2D eigenvalue weighted by atomic mass is 32.2. The van der Waals surface area contributed by atoms with Crippen molar-refractivity contribution in [3.63, 3.8) is 0 Å². The zero-order valence-electron chi connectivity index (χ0n) is 8.91. The second kappa shape index (κ2) is 5.39. The molecule has 4 nitrogen and oxygen atoms in total. The molecule has 0 aromatic rings. The molecule has 86 valence electrons. The third-order valence-corrected chi connectivity index (χ3v) is 3.38. The lowest BCUT2D eigenvalue weighted by Crippen LogP contribution is -2.34. The zero-order chi connectivity index (χ0) is 11.3. The predicted octanol–water partition coefficient (Wildman–Crippen LogP) is 1.11. The third kappa shape index (κ3) is 3.74. The van der Waals surface area contributed by atoms with Crippen LogP contribution >= 0.6 is 11.8 Å². The molecule has 1 fully saturated rings. The van der Waals surface area contributed by atoms with Gasteiger partial charge in [-0.05, 0) is 31.3 Å². The van der Waals surface area contributed by atoms with Crippen molar-refractivity contribution >= 4 is 23.6 Å². The maximum absolute atomic E-state index is 11.3. The molecular formula is C10H17NO3S. The van der Waals surface area contributed by atoms with Crippen LogP contribution in [-0.2, 0) is 9.59 Å². The van der Waals surface area contributed by atoms with E-state index in [1.165, 1.54) is 0 Å². The molecular weight excluding hydrogens is 214 g/mol. The standard InChI is InChI=1S/C10H17NO3S/c1-15-6-2-3-8(12)11-7-10(4-5-10)9(13)14/h2-7H2,1H3,(H,11,12)(H,13,14). The fraction of sp³-hybridized carbons (Fsp3) is 0.800. The fourth-order valence-corrected chi connectivity index (χ4v) is 1.78. The molecule has 5 heteroatoms. The van der Waals surface area contributed by atoms with Crippen LogP contribution in [-0.4, -0.2) is 35.5 Å². The minimum Gasteiger partial charge on any atom is -0.481 e. The highest BCUT2D eigenvalue weighted by Gasteiger charge is 2.50. The van der Waals surface area contributed by atoms with E-state index < -0.39 is 11.4 Å². The van der Waals surface area contributed by atoms with Gasteiger partial charge in [0.25, 0.3) is 0 Å². The molecule has 1 aliphatic rings. The van der Waals surface area contributed by atoms with Crippen molar-refractivity contribution in [2.45, 2.75) is 25.7 Å². The number of carboxylic acids is 1. The van der Waals surface area contributed by atoms with E-state index in [2.05, 4.69) is 5.32 Å². The minimum absolute atomic E-state index is 0.0309. The van der Waals surface area contributed by atoms with Gasteiger partial charge in [0.2, 0.25) is 5.91 Å². The van der Waals surface area contributed by atoms with Crippen LogP contribution < -0.4 is 5.32 Å². The lowest BCUT2D eigenvalue weighted by molar-refractivity contribution is -0.143. The lowest BCUT2D eigenvalue weighted by Gasteiger charge is -2.10. The Hall–Kier alpha value is -0.710. The first kappa shape index (κ1) is 12.4. The van der Waals surface area contributed by atoms with E-state index >= 15 is 0 Å². The summed E-state index contributed by atoms with van der Waals surface area (Å²) in [5, 5.41) is 11.6. The van der Waals surface area contributed by atoms with Crippen molar-refractivity contribution in [2.24, 2.45) is 5.41 Å². The highest BCUT2D eigenvalue weighted by molar-refractivity contribution is 7.98. The van der Waals surface area contributed by atoms with Crippen molar-refractivity contribution in [2.75, 3.05) is 18.6 Å². The molecule has 0 aromatic heterocycles. The number of carbonyl (C=O) groups excluding carboxylic acids is 1. The average Bonchev–Trinajstić information content (AvgIpc) is 2.96. The van der Waals surface area contributed by atoms with Gasteiger partial charge in [-0.3, -0.25) is 9.59 Å². The summed E-state index contributed by atoms with van der Waals surface area (Å²) < 4.78 is 0. The van der Waals surface area contributed by atoms with E-state index in [0.29, 0.717) is 25.8 Å². The Morgan fingerprint density at radius 2 is 2.13 bits per heavy atom. The average molecular weight is 231 g/mol. The number of carboxylic acid groups (broad SMARTS) is 1. The number of aliphatic carboxylic acids is 1. The molecule has 0 aliphatic heterocycles. The Morgan fingerprint density at radius 3 is 2.60 bits per heavy atom. The van der Waals surface area contributed by atoms with Gasteiger partial charge in [0, 0.05) is 13.0 Å². The smallest absolute Gasteiger partial charge is 0.311 e. The summed E-state index contributed by atoms with van der Waals surface area (Å²) in [6.45, 7) is 0.292. The molecule has 0 saturated heterocycles. The molecule has 0 radical (unpaired) electrons. The van der Waals surface area contributed by atoms with Crippen LogP contribution in [0.4, 0.5) is 0 Å². The maximum Gasteiger partial charge on any atom is 0.311 e. The van der Waals surface area contributed by atoms with Crippen LogP contribution in [0.1, 0.15) is 25.7 Å². The SMILES string of the molecule is CSCCCC(=O)NCC1(C(=O)O)CC1. The molecule has 1 amide bonds. The summed E-state index contributed by atoms with van der Waals surface area (Å²) >= 11 is 1.71. The number of hydrogen-bond acceptors (Lipinski definition) is 3. The van der Waals surface area contributed by atoms with Crippen LogP contribution in [0.3, 0.4) is 0 Å². The number of rotatable bonds is 7. The van der Waals surface area contributed by atoms with Crippen LogP contribution in [0.15, 0.2) is 0 Å². The van der Waals surface area contributed by atoms with Crippen LogP contribution in [0.5, 0.6) is 0 Å². The molecule has 0 unspecified atom stereocenters.